The second-order valence-corrected chi connectivity index (χ2v) is 5.18. The molecule has 0 spiro atoms. The van der Waals surface area contributed by atoms with Crippen molar-refractivity contribution in [3.63, 3.8) is 0 Å². The summed E-state index contributed by atoms with van der Waals surface area (Å²) in [5.41, 5.74) is 9.32. The zero-order chi connectivity index (χ0) is 12.7. The molecule has 88 valence electrons. The molecule has 0 atom stereocenters. The molecule has 0 unspecified atom stereocenters. The molecule has 0 saturated carbocycles. The topological polar surface area (TPSA) is 64.5 Å². The third kappa shape index (κ3) is 1.67. The van der Waals surface area contributed by atoms with E-state index in [0.29, 0.717) is 0 Å². The lowest BCUT2D eigenvalue weighted by Crippen LogP contribution is -2.46. The van der Waals surface area contributed by atoms with Gasteiger partial charge in [-0.3, -0.25) is 5.41 Å². The SMILES string of the molecule is C=Cc1cc2nc3ccc(N)cc3sc-2cc1=[NH2+]. The Bertz CT molecular complexity index is 789. The van der Waals surface area contributed by atoms with Crippen LogP contribution in [0.15, 0.2) is 36.9 Å². The summed E-state index contributed by atoms with van der Waals surface area (Å²) in [4.78, 5) is 5.67. The van der Waals surface area contributed by atoms with Gasteiger partial charge in [0.15, 0.2) is 0 Å². The van der Waals surface area contributed by atoms with Gasteiger partial charge in [0.2, 0.25) is 5.36 Å². The number of anilines is 1. The maximum atomic E-state index is 5.95. The highest BCUT2D eigenvalue weighted by atomic mass is 32.1. The lowest BCUT2D eigenvalue weighted by Gasteiger charge is -2.06. The van der Waals surface area contributed by atoms with Crippen LogP contribution in [-0.4, -0.2) is 4.98 Å². The molecule has 4 heteroatoms. The number of aromatic nitrogens is 1. The molecular weight excluding hydrogens is 242 g/mol. The van der Waals surface area contributed by atoms with E-state index in [1.807, 2.05) is 30.3 Å². The molecule has 0 bridgehead atoms. The molecule has 0 aromatic heterocycles. The summed E-state index contributed by atoms with van der Waals surface area (Å²) in [5, 5.41) is 6.68. The predicted octanol–water partition coefficient (Wildman–Crippen LogP) is 1.29. The first-order valence-electron chi connectivity index (χ1n) is 5.52. The van der Waals surface area contributed by atoms with Crippen molar-refractivity contribution in [2.45, 2.75) is 0 Å². The van der Waals surface area contributed by atoms with Gasteiger partial charge < -0.3 is 5.73 Å². The Morgan fingerprint density at radius 3 is 2.89 bits per heavy atom. The second-order valence-electron chi connectivity index (χ2n) is 4.09. The van der Waals surface area contributed by atoms with Crippen LogP contribution in [0.2, 0.25) is 0 Å². The number of hydrogen-bond acceptors (Lipinski definition) is 3. The van der Waals surface area contributed by atoms with E-state index in [1.54, 1.807) is 17.4 Å². The Hall–Kier alpha value is -2.20. The van der Waals surface area contributed by atoms with E-state index in [2.05, 4.69) is 11.6 Å². The number of hydrogen-bond donors (Lipinski definition) is 2. The number of nitrogen functional groups attached to an aromatic ring is 1. The molecule has 1 aromatic rings. The number of nitrogens with zero attached hydrogens (tertiary/aromatic N) is 1. The van der Waals surface area contributed by atoms with E-state index < -0.39 is 0 Å². The lowest BCUT2D eigenvalue weighted by molar-refractivity contribution is -0.172. The highest BCUT2D eigenvalue weighted by Crippen LogP contribution is 2.30. The molecule has 3 rings (SSSR count). The maximum Gasteiger partial charge on any atom is 0.205 e. The summed E-state index contributed by atoms with van der Waals surface area (Å²) in [6.45, 7) is 3.75. The zero-order valence-electron chi connectivity index (χ0n) is 9.68. The van der Waals surface area contributed by atoms with Crippen molar-refractivity contribution in [1.82, 2.24) is 4.98 Å². The number of nitrogens with two attached hydrogens (primary N) is 2. The first-order valence-corrected chi connectivity index (χ1v) is 6.34. The molecule has 0 saturated heterocycles. The van der Waals surface area contributed by atoms with E-state index >= 15 is 0 Å². The van der Waals surface area contributed by atoms with Crippen LogP contribution in [0.4, 0.5) is 5.69 Å². The van der Waals surface area contributed by atoms with Gasteiger partial charge in [-0.2, -0.15) is 0 Å². The van der Waals surface area contributed by atoms with Crippen LogP contribution in [0.3, 0.4) is 0 Å². The Balaban J connectivity index is 2.42. The smallest absolute Gasteiger partial charge is 0.205 e. The number of benzene rings is 2. The molecule has 3 nitrogen and oxygen atoms in total. The predicted molar refractivity (Wildman–Crippen MR) is 75.8 cm³/mol. The fourth-order valence-corrected chi connectivity index (χ4v) is 2.94. The van der Waals surface area contributed by atoms with E-state index in [1.165, 1.54) is 0 Å². The Morgan fingerprint density at radius 2 is 2.11 bits per heavy atom. The molecule has 0 amide bonds. The molecule has 18 heavy (non-hydrogen) atoms. The molecule has 1 aliphatic carbocycles. The molecular formula is C14H12N3S+. The summed E-state index contributed by atoms with van der Waals surface area (Å²) < 4.78 is 1.06. The van der Waals surface area contributed by atoms with E-state index in [9.17, 15) is 0 Å². The Kier molecular flexibility index (Phi) is 2.38. The van der Waals surface area contributed by atoms with Crippen molar-refractivity contribution in [2.24, 2.45) is 0 Å². The third-order valence-corrected chi connectivity index (χ3v) is 3.92. The van der Waals surface area contributed by atoms with Gasteiger partial charge in [0.05, 0.1) is 20.8 Å². The van der Waals surface area contributed by atoms with Crippen molar-refractivity contribution in [1.29, 1.82) is 0 Å². The minimum atomic E-state index is 0.721. The molecule has 1 aliphatic heterocycles. The van der Waals surface area contributed by atoms with Gasteiger partial charge >= 0.3 is 0 Å². The first kappa shape index (κ1) is 10.9. The summed E-state index contributed by atoms with van der Waals surface area (Å²) in [6, 6.07) is 9.63. The Labute approximate surface area is 108 Å². The maximum absolute atomic E-state index is 5.95. The largest absolute Gasteiger partial charge is 0.399 e. The third-order valence-electron chi connectivity index (χ3n) is 2.83. The molecule has 1 heterocycles. The molecule has 0 fully saturated rings. The fraction of sp³-hybridized carbons (Fsp3) is 0. The van der Waals surface area contributed by atoms with Crippen LogP contribution >= 0.6 is 11.3 Å². The standard InChI is InChI=1S/C14H11N3S/c1-2-8-5-12-14(7-10(8)16)18-13-6-9(15)3-4-11(13)17-12/h2-7,16H,1,15H2/p+1. The second kappa shape index (κ2) is 3.92. The number of fused-ring (bicyclic) bond motifs is 2. The monoisotopic (exact) mass is 254 g/mol. The quantitative estimate of drug-likeness (QED) is 0.507. The lowest BCUT2D eigenvalue weighted by atomic mass is 10.1. The van der Waals surface area contributed by atoms with Crippen molar-refractivity contribution < 1.29 is 5.41 Å². The fourth-order valence-electron chi connectivity index (χ4n) is 1.90. The molecule has 2 aliphatic rings. The van der Waals surface area contributed by atoms with E-state index in [4.69, 9.17) is 11.1 Å². The molecule has 1 aromatic carbocycles. The van der Waals surface area contributed by atoms with Gasteiger partial charge in [-0.05, 0) is 24.3 Å². The van der Waals surface area contributed by atoms with Crippen LogP contribution in [0, 0.1) is 0 Å². The van der Waals surface area contributed by atoms with Gasteiger partial charge in [0.25, 0.3) is 0 Å². The van der Waals surface area contributed by atoms with Crippen LogP contribution < -0.4 is 16.5 Å². The average molecular weight is 254 g/mol. The molecule has 0 radical (unpaired) electrons. The summed E-state index contributed by atoms with van der Waals surface area (Å²) >= 11 is 1.64. The van der Waals surface area contributed by atoms with Crippen molar-refractivity contribution in [3.8, 4) is 10.6 Å². The van der Waals surface area contributed by atoms with Gasteiger partial charge in [-0.15, -0.1) is 11.3 Å². The highest BCUT2D eigenvalue weighted by Gasteiger charge is 2.10. The van der Waals surface area contributed by atoms with E-state index in [-0.39, 0.29) is 0 Å². The van der Waals surface area contributed by atoms with Crippen LogP contribution in [0.1, 0.15) is 5.56 Å². The van der Waals surface area contributed by atoms with Gasteiger partial charge in [0.1, 0.15) is 0 Å². The van der Waals surface area contributed by atoms with E-state index in [0.717, 1.165) is 37.4 Å². The van der Waals surface area contributed by atoms with Gasteiger partial charge in [-0.1, -0.05) is 12.7 Å². The first-order chi connectivity index (χ1) is 8.67. The highest BCUT2D eigenvalue weighted by molar-refractivity contribution is 7.21. The van der Waals surface area contributed by atoms with Crippen LogP contribution in [-0.2, 0) is 0 Å². The van der Waals surface area contributed by atoms with Gasteiger partial charge in [-0.25, -0.2) is 4.98 Å². The summed E-state index contributed by atoms with van der Waals surface area (Å²) in [6.07, 6.45) is 1.74. The summed E-state index contributed by atoms with van der Waals surface area (Å²) in [7, 11) is 0. The zero-order valence-corrected chi connectivity index (χ0v) is 10.5. The van der Waals surface area contributed by atoms with Crippen molar-refractivity contribution in [3.05, 3.63) is 47.8 Å². The normalized spacial score (nSPS) is 10.9. The summed E-state index contributed by atoms with van der Waals surface area (Å²) in [5.74, 6) is 0. The average Bonchev–Trinajstić information content (AvgIpc) is 2.35. The van der Waals surface area contributed by atoms with Crippen LogP contribution in [0.25, 0.3) is 26.9 Å². The van der Waals surface area contributed by atoms with Crippen molar-refractivity contribution in [2.75, 3.05) is 5.73 Å². The Morgan fingerprint density at radius 1 is 1.28 bits per heavy atom. The number of rotatable bonds is 1. The minimum Gasteiger partial charge on any atom is -0.399 e. The van der Waals surface area contributed by atoms with Crippen molar-refractivity contribution >= 4 is 33.3 Å². The van der Waals surface area contributed by atoms with Gasteiger partial charge in [0, 0.05) is 17.3 Å². The van der Waals surface area contributed by atoms with Crippen LogP contribution in [0.5, 0.6) is 0 Å². The minimum absolute atomic E-state index is 0.721. The molecule has 4 N–H and O–H groups in total.